The molecule has 0 aromatic heterocycles. The lowest BCUT2D eigenvalue weighted by Crippen LogP contribution is -2.43. The molecule has 29 heavy (non-hydrogen) atoms. The Balaban J connectivity index is 1.82. The highest BCUT2D eigenvalue weighted by atomic mass is 16.5. The van der Waals surface area contributed by atoms with E-state index in [1.807, 2.05) is 0 Å². The van der Waals surface area contributed by atoms with Crippen molar-refractivity contribution >= 4 is 23.5 Å². The highest BCUT2D eigenvalue weighted by Gasteiger charge is 2.61. The zero-order chi connectivity index (χ0) is 20.7. The minimum atomic E-state index is -1.19. The molecule has 0 saturated carbocycles. The molecule has 2 aliphatic rings. The number of carboxylic acid groups (broad SMARTS) is 1. The molecule has 2 amide bonds. The molecule has 2 heterocycles. The van der Waals surface area contributed by atoms with Gasteiger partial charge in [-0.05, 0) is 30.3 Å². The van der Waals surface area contributed by atoms with Crippen LogP contribution in [-0.4, -0.2) is 43.2 Å². The molecule has 2 aromatic rings. The second-order valence-corrected chi connectivity index (χ2v) is 6.97. The highest BCUT2D eigenvalue weighted by Crippen LogP contribution is 2.47. The Kier molecular flexibility index (Phi) is 4.71. The van der Waals surface area contributed by atoms with E-state index in [2.05, 4.69) is 5.32 Å². The minimum absolute atomic E-state index is 0.428. The molecule has 2 aromatic carbocycles. The third kappa shape index (κ3) is 2.92. The predicted molar refractivity (Wildman–Crippen MR) is 103 cm³/mol. The smallest absolute Gasteiger partial charge is 0.321 e. The monoisotopic (exact) mass is 396 g/mol. The van der Waals surface area contributed by atoms with Crippen LogP contribution in [0, 0.1) is 11.8 Å². The largest absolute Gasteiger partial charge is 0.497 e. The molecule has 8 nitrogen and oxygen atoms in total. The number of imide groups is 1. The van der Waals surface area contributed by atoms with Crippen molar-refractivity contribution in [1.29, 1.82) is 0 Å². The zero-order valence-corrected chi connectivity index (χ0v) is 15.9. The van der Waals surface area contributed by atoms with Crippen LogP contribution in [0.2, 0.25) is 0 Å². The number of nitrogens with one attached hydrogen (secondary N) is 1. The lowest BCUT2D eigenvalue weighted by molar-refractivity contribution is -0.142. The number of carbonyl (C=O) groups excluding carboxylic acids is 2. The topological polar surface area (TPSA) is 105 Å². The standard InChI is InChI=1S/C21H20N2O6/c1-28-12-8-9-14(29-2)13(10-12)17-15-16(18(22-17)21(26)27)20(25)23(19(15)24)11-6-4-3-5-7-11/h3-10,15-18,22H,1-2H3,(H,26,27). The molecule has 2 N–H and O–H groups in total. The van der Waals surface area contributed by atoms with Gasteiger partial charge in [0.25, 0.3) is 0 Å². The van der Waals surface area contributed by atoms with Crippen molar-refractivity contribution in [2.75, 3.05) is 19.1 Å². The first-order valence-corrected chi connectivity index (χ1v) is 9.11. The van der Waals surface area contributed by atoms with Gasteiger partial charge >= 0.3 is 5.97 Å². The van der Waals surface area contributed by atoms with E-state index in [4.69, 9.17) is 9.47 Å². The average Bonchev–Trinajstić information content (AvgIpc) is 3.25. The fourth-order valence-electron chi connectivity index (χ4n) is 4.24. The van der Waals surface area contributed by atoms with E-state index in [1.54, 1.807) is 48.5 Å². The van der Waals surface area contributed by atoms with Gasteiger partial charge in [-0.1, -0.05) is 18.2 Å². The van der Waals surface area contributed by atoms with Gasteiger partial charge in [-0.2, -0.15) is 0 Å². The van der Waals surface area contributed by atoms with Crippen LogP contribution in [0.4, 0.5) is 5.69 Å². The van der Waals surface area contributed by atoms with Gasteiger partial charge in [-0.15, -0.1) is 0 Å². The number of fused-ring (bicyclic) bond motifs is 1. The van der Waals surface area contributed by atoms with E-state index in [0.29, 0.717) is 22.7 Å². The van der Waals surface area contributed by atoms with Crippen molar-refractivity contribution in [2.24, 2.45) is 11.8 Å². The van der Waals surface area contributed by atoms with Crippen molar-refractivity contribution in [3.8, 4) is 11.5 Å². The third-order valence-electron chi connectivity index (χ3n) is 5.53. The van der Waals surface area contributed by atoms with Crippen molar-refractivity contribution in [3.05, 3.63) is 54.1 Å². The molecule has 0 radical (unpaired) electrons. The number of nitrogens with zero attached hydrogens (tertiary/aromatic N) is 1. The van der Waals surface area contributed by atoms with Crippen molar-refractivity contribution < 1.29 is 29.0 Å². The summed E-state index contributed by atoms with van der Waals surface area (Å²) in [4.78, 5) is 39.4. The molecule has 2 aliphatic heterocycles. The summed E-state index contributed by atoms with van der Waals surface area (Å²) in [6.45, 7) is 0. The van der Waals surface area contributed by atoms with Crippen LogP contribution in [-0.2, 0) is 14.4 Å². The van der Waals surface area contributed by atoms with E-state index >= 15 is 0 Å². The van der Waals surface area contributed by atoms with Gasteiger partial charge in [-0.3, -0.25) is 19.7 Å². The SMILES string of the molecule is COc1ccc(OC)c(C2NC(C(=O)O)C3C(=O)N(c4ccccc4)C(=O)C23)c1. The molecule has 0 bridgehead atoms. The maximum atomic E-state index is 13.3. The first kappa shape index (κ1) is 18.9. The summed E-state index contributed by atoms with van der Waals surface area (Å²) in [6.07, 6.45) is 0. The molecule has 0 spiro atoms. The van der Waals surface area contributed by atoms with Crippen LogP contribution in [0.25, 0.3) is 0 Å². The van der Waals surface area contributed by atoms with Crippen LogP contribution in [0.3, 0.4) is 0 Å². The Morgan fingerprint density at radius 1 is 1.00 bits per heavy atom. The van der Waals surface area contributed by atoms with Crippen LogP contribution in [0.15, 0.2) is 48.5 Å². The Morgan fingerprint density at radius 3 is 2.31 bits per heavy atom. The number of para-hydroxylation sites is 1. The summed E-state index contributed by atoms with van der Waals surface area (Å²) in [5, 5.41) is 12.7. The lowest BCUT2D eigenvalue weighted by Gasteiger charge is -2.23. The quantitative estimate of drug-likeness (QED) is 0.740. The predicted octanol–water partition coefficient (Wildman–Crippen LogP) is 1.61. The lowest BCUT2D eigenvalue weighted by atomic mass is 9.86. The van der Waals surface area contributed by atoms with Crippen molar-refractivity contribution in [2.45, 2.75) is 12.1 Å². The molecule has 2 saturated heterocycles. The van der Waals surface area contributed by atoms with Gasteiger partial charge in [0.2, 0.25) is 11.8 Å². The van der Waals surface area contributed by atoms with Crippen molar-refractivity contribution in [3.63, 3.8) is 0 Å². The Hall–Kier alpha value is -3.39. The number of amides is 2. The zero-order valence-electron chi connectivity index (χ0n) is 15.9. The highest BCUT2D eigenvalue weighted by molar-refractivity contribution is 6.23. The summed E-state index contributed by atoms with van der Waals surface area (Å²) in [6, 6.07) is 11.7. The minimum Gasteiger partial charge on any atom is -0.497 e. The maximum absolute atomic E-state index is 13.3. The van der Waals surface area contributed by atoms with E-state index in [-0.39, 0.29) is 0 Å². The van der Waals surface area contributed by atoms with E-state index in [9.17, 15) is 19.5 Å². The number of anilines is 1. The molecule has 150 valence electrons. The first-order valence-electron chi connectivity index (χ1n) is 9.11. The van der Waals surface area contributed by atoms with Crippen LogP contribution >= 0.6 is 0 Å². The van der Waals surface area contributed by atoms with Crippen LogP contribution in [0.5, 0.6) is 11.5 Å². The molecule has 4 unspecified atom stereocenters. The number of hydrogen-bond acceptors (Lipinski definition) is 6. The van der Waals surface area contributed by atoms with E-state index in [1.165, 1.54) is 14.2 Å². The maximum Gasteiger partial charge on any atom is 0.321 e. The Bertz CT molecular complexity index is 976. The molecule has 4 rings (SSSR count). The molecular formula is C21H20N2O6. The molecular weight excluding hydrogens is 376 g/mol. The summed E-state index contributed by atoms with van der Waals surface area (Å²) in [7, 11) is 3.00. The molecule has 0 aliphatic carbocycles. The van der Waals surface area contributed by atoms with Gasteiger partial charge < -0.3 is 14.6 Å². The number of rotatable bonds is 5. The van der Waals surface area contributed by atoms with Gasteiger partial charge in [0.1, 0.15) is 17.5 Å². The Morgan fingerprint density at radius 2 is 1.69 bits per heavy atom. The summed E-state index contributed by atoms with van der Waals surface area (Å²) < 4.78 is 10.7. The summed E-state index contributed by atoms with van der Waals surface area (Å²) >= 11 is 0. The number of benzene rings is 2. The molecule has 2 fully saturated rings. The number of hydrogen-bond donors (Lipinski definition) is 2. The molecule has 8 heteroatoms. The summed E-state index contributed by atoms with van der Waals surface area (Å²) in [5.41, 5.74) is 0.999. The number of ether oxygens (including phenoxy) is 2. The van der Waals surface area contributed by atoms with Gasteiger partial charge in [-0.25, -0.2) is 4.90 Å². The second-order valence-electron chi connectivity index (χ2n) is 6.97. The fourth-order valence-corrected chi connectivity index (χ4v) is 4.24. The normalized spacial score (nSPS) is 25.8. The summed E-state index contributed by atoms with van der Waals surface area (Å²) in [5.74, 6) is -3.00. The second kappa shape index (κ2) is 7.21. The van der Waals surface area contributed by atoms with Crippen molar-refractivity contribution in [1.82, 2.24) is 5.32 Å². The number of methoxy groups -OCH3 is 2. The first-order chi connectivity index (χ1) is 14.0. The van der Waals surface area contributed by atoms with Gasteiger partial charge in [0.15, 0.2) is 0 Å². The third-order valence-corrected chi connectivity index (χ3v) is 5.53. The Labute approximate surface area is 167 Å². The van der Waals surface area contributed by atoms with E-state index in [0.717, 1.165) is 4.90 Å². The molecule has 4 atom stereocenters. The van der Waals surface area contributed by atoms with Gasteiger partial charge in [0, 0.05) is 11.6 Å². The number of carbonyl (C=O) groups is 3. The van der Waals surface area contributed by atoms with Gasteiger partial charge in [0.05, 0.1) is 31.7 Å². The number of carboxylic acids is 1. The van der Waals surface area contributed by atoms with Crippen LogP contribution < -0.4 is 19.7 Å². The van der Waals surface area contributed by atoms with Crippen LogP contribution in [0.1, 0.15) is 11.6 Å². The number of aliphatic carboxylic acids is 1. The average molecular weight is 396 g/mol. The van der Waals surface area contributed by atoms with E-state index < -0.39 is 41.7 Å². The fraction of sp³-hybridized carbons (Fsp3) is 0.286.